The largest absolute Gasteiger partial charge is 0.482 e. The van der Waals surface area contributed by atoms with Crippen molar-refractivity contribution < 1.29 is 14.3 Å². The molecule has 33 heavy (non-hydrogen) atoms. The zero-order valence-electron chi connectivity index (χ0n) is 18.7. The molecule has 0 saturated carbocycles. The Morgan fingerprint density at radius 1 is 0.879 bits per heavy atom. The van der Waals surface area contributed by atoms with Crippen LogP contribution >= 0.6 is 0 Å². The van der Waals surface area contributed by atoms with E-state index in [9.17, 15) is 4.79 Å². The van der Waals surface area contributed by atoms with E-state index >= 15 is 0 Å². The molecule has 2 aromatic carbocycles. The highest BCUT2D eigenvalue weighted by Crippen LogP contribution is 2.32. The van der Waals surface area contributed by atoms with E-state index < -0.39 is 12.2 Å². The zero-order chi connectivity index (χ0) is 23.0. The molecule has 2 atom stereocenters. The number of ether oxygens (including phenoxy) is 2. The third-order valence-corrected chi connectivity index (χ3v) is 5.29. The maximum Gasteiger partial charge on any atom is 0.346 e. The third kappa shape index (κ3) is 5.66. The number of carbonyl (C=O) groups excluding carboxylic acids is 1. The first kappa shape index (κ1) is 22.3. The SMILES string of the molecule is CC(C)C(OC(=O)COc1ccccc1)n1cc(C(c2ccccc2)c2cccnc2)cn1. The summed E-state index contributed by atoms with van der Waals surface area (Å²) in [7, 11) is 0. The van der Waals surface area contributed by atoms with E-state index in [-0.39, 0.29) is 18.4 Å². The Labute approximate surface area is 193 Å². The summed E-state index contributed by atoms with van der Waals surface area (Å²) in [6, 6.07) is 23.4. The predicted octanol–water partition coefficient (Wildman–Crippen LogP) is 5.24. The normalized spacial score (nSPS) is 12.8. The van der Waals surface area contributed by atoms with Gasteiger partial charge in [-0.15, -0.1) is 0 Å². The van der Waals surface area contributed by atoms with Crippen LogP contribution in [-0.2, 0) is 9.53 Å². The fourth-order valence-electron chi connectivity index (χ4n) is 3.73. The Kier molecular flexibility index (Phi) is 7.15. The molecule has 2 aromatic heterocycles. The Morgan fingerprint density at radius 3 is 2.24 bits per heavy atom. The van der Waals surface area contributed by atoms with Crippen LogP contribution in [0, 0.1) is 5.92 Å². The molecule has 6 nitrogen and oxygen atoms in total. The number of rotatable bonds is 9. The van der Waals surface area contributed by atoms with Gasteiger partial charge in [-0.1, -0.05) is 68.4 Å². The third-order valence-electron chi connectivity index (χ3n) is 5.29. The van der Waals surface area contributed by atoms with Gasteiger partial charge in [0.1, 0.15) is 5.75 Å². The molecule has 0 radical (unpaired) electrons. The number of hydrogen-bond donors (Lipinski definition) is 0. The molecule has 0 bridgehead atoms. The quantitative estimate of drug-likeness (QED) is 0.333. The molecular weight excluding hydrogens is 414 g/mol. The van der Waals surface area contributed by atoms with E-state index in [1.54, 1.807) is 23.0 Å². The van der Waals surface area contributed by atoms with Crippen LogP contribution < -0.4 is 4.74 Å². The number of carbonyl (C=O) groups is 1. The molecule has 4 aromatic rings. The van der Waals surface area contributed by atoms with Crippen LogP contribution in [0.25, 0.3) is 0 Å². The van der Waals surface area contributed by atoms with Crippen LogP contribution in [0.15, 0.2) is 97.6 Å². The molecule has 0 amide bonds. The molecular formula is C27H27N3O3. The number of hydrogen-bond acceptors (Lipinski definition) is 5. The molecule has 168 valence electrons. The van der Waals surface area contributed by atoms with Crippen molar-refractivity contribution in [1.82, 2.24) is 14.8 Å². The van der Waals surface area contributed by atoms with Crippen LogP contribution in [0.1, 0.15) is 42.7 Å². The van der Waals surface area contributed by atoms with Crippen LogP contribution in [0.4, 0.5) is 0 Å². The lowest BCUT2D eigenvalue weighted by Gasteiger charge is -2.22. The number of para-hydroxylation sites is 1. The number of benzene rings is 2. The molecule has 0 N–H and O–H groups in total. The molecule has 0 aliphatic rings. The second-order valence-corrected chi connectivity index (χ2v) is 8.11. The minimum Gasteiger partial charge on any atom is -0.482 e. The first-order valence-electron chi connectivity index (χ1n) is 11.0. The Balaban J connectivity index is 1.54. The fourth-order valence-corrected chi connectivity index (χ4v) is 3.73. The number of pyridine rings is 1. The van der Waals surface area contributed by atoms with Gasteiger partial charge in [0.25, 0.3) is 0 Å². The number of esters is 1. The standard InChI is InChI=1S/C27H27N3O3/c1-20(2)27(33-25(31)19-32-24-13-7-4-8-14-24)30-18-23(17-29-30)26(21-10-5-3-6-11-21)22-12-9-15-28-16-22/h3-18,20,26-27H,19H2,1-2H3. The van der Waals surface area contributed by atoms with Gasteiger partial charge in [0.15, 0.2) is 12.8 Å². The minimum atomic E-state index is -0.545. The van der Waals surface area contributed by atoms with Gasteiger partial charge in [-0.3, -0.25) is 4.98 Å². The second kappa shape index (κ2) is 10.6. The maximum absolute atomic E-state index is 12.5. The summed E-state index contributed by atoms with van der Waals surface area (Å²) in [5.74, 6) is 0.172. The number of aromatic nitrogens is 3. The second-order valence-electron chi connectivity index (χ2n) is 8.11. The molecule has 0 fully saturated rings. The van der Waals surface area contributed by atoms with Gasteiger partial charge < -0.3 is 9.47 Å². The summed E-state index contributed by atoms with van der Waals surface area (Å²) in [5.41, 5.74) is 3.20. The van der Waals surface area contributed by atoms with Crippen molar-refractivity contribution in [2.75, 3.05) is 6.61 Å². The summed E-state index contributed by atoms with van der Waals surface area (Å²) in [6.07, 6.45) is 6.86. The van der Waals surface area contributed by atoms with Gasteiger partial charge in [-0.2, -0.15) is 5.10 Å². The molecule has 0 aliphatic heterocycles. The highest BCUT2D eigenvalue weighted by molar-refractivity contribution is 5.71. The minimum absolute atomic E-state index is 0.0204. The van der Waals surface area contributed by atoms with Crippen molar-refractivity contribution in [3.05, 3.63) is 114 Å². The monoisotopic (exact) mass is 441 g/mol. The Morgan fingerprint density at radius 2 is 1.58 bits per heavy atom. The van der Waals surface area contributed by atoms with Gasteiger partial charge in [-0.05, 0) is 29.3 Å². The fraction of sp³-hybridized carbons (Fsp3) is 0.222. The van der Waals surface area contributed by atoms with Crippen LogP contribution in [0.5, 0.6) is 5.75 Å². The van der Waals surface area contributed by atoms with E-state index in [2.05, 4.69) is 28.3 Å². The first-order chi connectivity index (χ1) is 16.1. The van der Waals surface area contributed by atoms with Crippen LogP contribution in [0.3, 0.4) is 0 Å². The maximum atomic E-state index is 12.5. The number of nitrogens with zero attached hydrogens (tertiary/aromatic N) is 3. The summed E-state index contributed by atoms with van der Waals surface area (Å²) in [6.45, 7) is 3.82. The zero-order valence-corrected chi connectivity index (χ0v) is 18.7. The van der Waals surface area contributed by atoms with Crippen LogP contribution in [-0.4, -0.2) is 27.3 Å². The summed E-state index contributed by atoms with van der Waals surface area (Å²) in [5, 5.41) is 4.56. The van der Waals surface area contributed by atoms with Gasteiger partial charge in [-0.25, -0.2) is 9.48 Å². The van der Waals surface area contributed by atoms with Crippen molar-refractivity contribution >= 4 is 5.97 Å². The lowest BCUT2D eigenvalue weighted by Crippen LogP contribution is -2.25. The molecule has 2 heterocycles. The molecule has 2 unspecified atom stereocenters. The summed E-state index contributed by atoms with van der Waals surface area (Å²) < 4.78 is 13.0. The van der Waals surface area contributed by atoms with E-state index in [4.69, 9.17) is 9.47 Å². The van der Waals surface area contributed by atoms with E-state index in [1.165, 1.54) is 0 Å². The highest BCUT2D eigenvalue weighted by Gasteiger charge is 2.24. The van der Waals surface area contributed by atoms with Crippen molar-refractivity contribution in [3.63, 3.8) is 0 Å². The van der Waals surface area contributed by atoms with Crippen molar-refractivity contribution in [3.8, 4) is 5.75 Å². The molecule has 4 rings (SSSR count). The van der Waals surface area contributed by atoms with E-state index in [0.717, 1.165) is 16.7 Å². The van der Waals surface area contributed by atoms with Crippen molar-refractivity contribution in [2.45, 2.75) is 26.0 Å². The predicted molar refractivity (Wildman–Crippen MR) is 126 cm³/mol. The van der Waals surface area contributed by atoms with Gasteiger partial charge in [0.2, 0.25) is 0 Å². The average Bonchev–Trinajstić information content (AvgIpc) is 3.32. The molecule has 0 aliphatic carbocycles. The molecule has 0 spiro atoms. The van der Waals surface area contributed by atoms with Crippen LogP contribution in [0.2, 0.25) is 0 Å². The van der Waals surface area contributed by atoms with Gasteiger partial charge in [0, 0.05) is 36.0 Å². The Bertz CT molecular complexity index is 1110. The summed E-state index contributed by atoms with van der Waals surface area (Å²) in [4.78, 5) is 16.8. The van der Waals surface area contributed by atoms with Crippen molar-refractivity contribution in [2.24, 2.45) is 5.92 Å². The topological polar surface area (TPSA) is 66.2 Å². The van der Waals surface area contributed by atoms with Gasteiger partial charge >= 0.3 is 5.97 Å². The lowest BCUT2D eigenvalue weighted by atomic mass is 9.88. The van der Waals surface area contributed by atoms with Gasteiger partial charge in [0.05, 0.1) is 6.20 Å². The first-order valence-corrected chi connectivity index (χ1v) is 11.0. The van der Waals surface area contributed by atoms with Crippen molar-refractivity contribution in [1.29, 1.82) is 0 Å². The Hall–Kier alpha value is -3.93. The summed E-state index contributed by atoms with van der Waals surface area (Å²) >= 11 is 0. The average molecular weight is 442 g/mol. The van der Waals surface area contributed by atoms with E-state index in [1.807, 2.05) is 74.9 Å². The lowest BCUT2D eigenvalue weighted by molar-refractivity contribution is -0.160. The highest BCUT2D eigenvalue weighted by atomic mass is 16.6. The molecule has 0 saturated heterocycles. The smallest absolute Gasteiger partial charge is 0.346 e. The van der Waals surface area contributed by atoms with E-state index in [0.29, 0.717) is 5.75 Å². The molecule has 6 heteroatoms.